The van der Waals surface area contributed by atoms with Crippen molar-refractivity contribution < 1.29 is 4.79 Å². The van der Waals surface area contributed by atoms with E-state index >= 15 is 0 Å². The van der Waals surface area contributed by atoms with Crippen LogP contribution in [-0.2, 0) is 4.79 Å². The second-order valence-electron chi connectivity index (χ2n) is 4.47. The van der Waals surface area contributed by atoms with E-state index in [4.69, 9.17) is 0 Å². The van der Waals surface area contributed by atoms with Crippen molar-refractivity contribution in [3.05, 3.63) is 16.1 Å². The van der Waals surface area contributed by atoms with Crippen molar-refractivity contribution >= 4 is 17.2 Å². The van der Waals surface area contributed by atoms with Gasteiger partial charge in [0.25, 0.3) is 0 Å². The lowest BCUT2D eigenvalue weighted by Gasteiger charge is -2.20. The molecule has 0 spiro atoms. The van der Waals surface area contributed by atoms with Gasteiger partial charge in [-0.3, -0.25) is 9.69 Å². The van der Waals surface area contributed by atoms with E-state index in [1.54, 1.807) is 11.3 Å². The molecule has 2 heterocycles. The van der Waals surface area contributed by atoms with Crippen LogP contribution in [0, 0.1) is 6.92 Å². The molecule has 1 aliphatic heterocycles. The Kier molecular flexibility index (Phi) is 4.12. The first-order valence-corrected chi connectivity index (χ1v) is 7.04. The van der Waals surface area contributed by atoms with E-state index in [2.05, 4.69) is 22.1 Å². The number of nitrogens with zero attached hydrogens (tertiary/aromatic N) is 2. The average Bonchev–Trinajstić information content (AvgIpc) is 2.85. The number of carbonyl (C=O) groups is 1. The Hall–Kier alpha value is -0.940. The van der Waals surface area contributed by atoms with Crippen molar-refractivity contribution in [2.45, 2.75) is 39.3 Å². The average molecular weight is 253 g/mol. The number of unbranched alkanes of at least 4 members (excludes halogenated alkanes) is 2. The zero-order chi connectivity index (χ0) is 12.3. The van der Waals surface area contributed by atoms with Crippen molar-refractivity contribution in [2.24, 2.45) is 0 Å². The molecule has 0 saturated carbocycles. The second kappa shape index (κ2) is 5.60. The Balaban J connectivity index is 2.01. The molecule has 1 fully saturated rings. The zero-order valence-electron chi connectivity index (χ0n) is 10.4. The van der Waals surface area contributed by atoms with Gasteiger partial charge in [-0.15, -0.1) is 11.3 Å². The lowest BCUT2D eigenvalue weighted by molar-refractivity contribution is -0.118. The van der Waals surface area contributed by atoms with Gasteiger partial charge >= 0.3 is 0 Å². The van der Waals surface area contributed by atoms with E-state index < -0.39 is 0 Å². The van der Waals surface area contributed by atoms with Gasteiger partial charge < -0.3 is 5.32 Å². The Morgan fingerprint density at radius 3 is 3.06 bits per heavy atom. The summed E-state index contributed by atoms with van der Waals surface area (Å²) in [6.45, 7) is 5.65. The normalized spacial score (nSPS) is 20.8. The van der Waals surface area contributed by atoms with E-state index in [0.29, 0.717) is 6.54 Å². The summed E-state index contributed by atoms with van der Waals surface area (Å²) in [5.41, 5.74) is 1.03. The van der Waals surface area contributed by atoms with Crippen molar-refractivity contribution in [1.82, 2.24) is 15.2 Å². The molecule has 1 saturated heterocycles. The lowest BCUT2D eigenvalue weighted by Crippen LogP contribution is -2.28. The van der Waals surface area contributed by atoms with E-state index in [1.165, 1.54) is 12.8 Å². The van der Waals surface area contributed by atoms with E-state index in [-0.39, 0.29) is 12.1 Å². The molecule has 0 unspecified atom stereocenters. The number of aromatic nitrogens is 1. The minimum absolute atomic E-state index is 0.00180. The number of nitrogens with one attached hydrogen (secondary N) is 1. The van der Waals surface area contributed by atoms with Crippen LogP contribution in [0.4, 0.5) is 0 Å². The van der Waals surface area contributed by atoms with E-state index in [9.17, 15) is 4.79 Å². The second-order valence-corrected chi connectivity index (χ2v) is 5.36. The third-order valence-electron chi connectivity index (χ3n) is 2.93. The largest absolute Gasteiger partial charge is 0.333 e. The molecule has 94 valence electrons. The summed E-state index contributed by atoms with van der Waals surface area (Å²) in [5, 5.41) is 6.03. The number of amides is 1. The number of hydrogen-bond acceptors (Lipinski definition) is 4. The maximum Gasteiger partial charge on any atom is 0.235 e. The van der Waals surface area contributed by atoms with Gasteiger partial charge in [-0.05, 0) is 13.3 Å². The number of rotatable bonds is 5. The molecule has 1 aliphatic rings. The molecule has 2 rings (SSSR count). The smallest absolute Gasteiger partial charge is 0.235 e. The topological polar surface area (TPSA) is 45.2 Å². The minimum Gasteiger partial charge on any atom is -0.333 e. The molecule has 0 radical (unpaired) electrons. The fraction of sp³-hybridized carbons (Fsp3) is 0.667. The van der Waals surface area contributed by atoms with Gasteiger partial charge in [0.2, 0.25) is 5.91 Å². The van der Waals surface area contributed by atoms with Crippen LogP contribution >= 0.6 is 11.3 Å². The van der Waals surface area contributed by atoms with Crippen LogP contribution in [0.5, 0.6) is 0 Å². The third-order valence-corrected chi connectivity index (χ3v) is 3.94. The molecule has 1 aromatic rings. The van der Waals surface area contributed by atoms with Crippen molar-refractivity contribution in [2.75, 3.05) is 13.1 Å². The van der Waals surface area contributed by atoms with Crippen LogP contribution in [0.25, 0.3) is 0 Å². The van der Waals surface area contributed by atoms with Crippen LogP contribution < -0.4 is 5.32 Å². The first-order valence-electron chi connectivity index (χ1n) is 6.16. The fourth-order valence-corrected chi connectivity index (χ4v) is 2.93. The van der Waals surface area contributed by atoms with Gasteiger partial charge in [0.1, 0.15) is 11.2 Å². The van der Waals surface area contributed by atoms with Gasteiger partial charge in [-0.2, -0.15) is 0 Å². The Labute approximate surface area is 106 Å². The standard InChI is InChI=1S/C12H19N3OS/c1-3-4-5-6-15-7-10(16)14-11(15)12-13-9(2)8-17-12/h8,11H,3-7H2,1-2H3,(H,14,16)/t11-/m0/s1. The number of aryl methyl sites for hydroxylation is 1. The summed E-state index contributed by atoms with van der Waals surface area (Å²) in [7, 11) is 0. The molecule has 0 aromatic carbocycles. The van der Waals surface area contributed by atoms with Crippen LogP contribution in [0.3, 0.4) is 0 Å². The molecular formula is C12H19N3OS. The first-order chi connectivity index (χ1) is 8.20. The molecule has 1 aromatic heterocycles. The number of thiazole rings is 1. The quantitative estimate of drug-likeness (QED) is 0.817. The summed E-state index contributed by atoms with van der Waals surface area (Å²) in [5.74, 6) is 0.111. The maximum absolute atomic E-state index is 11.5. The summed E-state index contributed by atoms with van der Waals surface area (Å²) < 4.78 is 0. The van der Waals surface area contributed by atoms with Gasteiger partial charge in [-0.1, -0.05) is 19.8 Å². The highest BCUT2D eigenvalue weighted by atomic mass is 32.1. The zero-order valence-corrected chi connectivity index (χ0v) is 11.2. The van der Waals surface area contributed by atoms with Crippen molar-refractivity contribution in [1.29, 1.82) is 0 Å². The Bertz CT molecular complexity index is 391. The highest BCUT2D eigenvalue weighted by Crippen LogP contribution is 2.25. The molecule has 17 heavy (non-hydrogen) atoms. The highest BCUT2D eigenvalue weighted by Gasteiger charge is 2.32. The maximum atomic E-state index is 11.5. The molecule has 1 N–H and O–H groups in total. The van der Waals surface area contributed by atoms with E-state index in [0.717, 1.165) is 23.7 Å². The monoisotopic (exact) mass is 253 g/mol. The van der Waals surface area contributed by atoms with Crippen molar-refractivity contribution in [3.63, 3.8) is 0 Å². The SMILES string of the molecule is CCCCCN1CC(=O)N[C@@H]1c1nc(C)cs1. The number of hydrogen-bond donors (Lipinski definition) is 1. The van der Waals surface area contributed by atoms with Crippen LogP contribution in [0.1, 0.15) is 43.1 Å². The summed E-state index contributed by atoms with van der Waals surface area (Å²) in [6.07, 6.45) is 3.56. The summed E-state index contributed by atoms with van der Waals surface area (Å²) >= 11 is 1.62. The molecule has 0 aliphatic carbocycles. The third kappa shape index (κ3) is 3.04. The van der Waals surface area contributed by atoms with Gasteiger partial charge in [0, 0.05) is 17.6 Å². The number of carbonyl (C=O) groups excluding carboxylic acids is 1. The Morgan fingerprint density at radius 1 is 1.59 bits per heavy atom. The van der Waals surface area contributed by atoms with Crippen LogP contribution in [0.2, 0.25) is 0 Å². The van der Waals surface area contributed by atoms with Crippen LogP contribution in [0.15, 0.2) is 5.38 Å². The molecule has 1 atom stereocenters. The predicted octanol–water partition coefficient (Wildman–Crippen LogP) is 2.07. The molecule has 5 heteroatoms. The summed E-state index contributed by atoms with van der Waals surface area (Å²) in [6, 6.07) is 0. The minimum atomic E-state index is -0.00180. The highest BCUT2D eigenvalue weighted by molar-refractivity contribution is 7.09. The lowest BCUT2D eigenvalue weighted by atomic mass is 10.2. The van der Waals surface area contributed by atoms with Crippen molar-refractivity contribution in [3.8, 4) is 0 Å². The van der Waals surface area contributed by atoms with Gasteiger partial charge in [0.15, 0.2) is 0 Å². The van der Waals surface area contributed by atoms with E-state index in [1.807, 2.05) is 12.3 Å². The molecular weight excluding hydrogens is 234 g/mol. The van der Waals surface area contributed by atoms with Crippen LogP contribution in [-0.4, -0.2) is 28.9 Å². The fourth-order valence-electron chi connectivity index (χ4n) is 2.05. The summed E-state index contributed by atoms with van der Waals surface area (Å²) in [4.78, 5) is 18.2. The molecule has 4 nitrogen and oxygen atoms in total. The van der Waals surface area contributed by atoms with Gasteiger partial charge in [0.05, 0.1) is 6.54 Å². The van der Waals surface area contributed by atoms with Gasteiger partial charge in [-0.25, -0.2) is 4.98 Å². The molecule has 0 bridgehead atoms. The first kappa shape index (κ1) is 12.5. The predicted molar refractivity (Wildman–Crippen MR) is 68.8 cm³/mol. The Morgan fingerprint density at radius 2 is 2.41 bits per heavy atom. The molecule has 1 amide bonds.